The Balaban J connectivity index is 1.40. The lowest BCUT2D eigenvalue weighted by atomic mass is 10.0. The number of esters is 2. The fourth-order valence-corrected chi connectivity index (χ4v) is 4.31. The standard InChI is InChI=1S/C28H38N2O4/c1-29-18-12-26(13-19-29)30(20-14-27(31)33-22-16-24-8-4-2-5-9-24)21-15-28(32)34-23-17-25-10-6-3-7-11-25/h2-11,26H,12-23H2,1H3. The van der Waals surface area contributed by atoms with Crippen molar-refractivity contribution in [3.8, 4) is 0 Å². The number of benzene rings is 2. The lowest BCUT2D eigenvalue weighted by molar-refractivity contribution is -0.144. The average Bonchev–Trinajstić information content (AvgIpc) is 2.86. The van der Waals surface area contributed by atoms with Crippen LogP contribution < -0.4 is 0 Å². The normalized spacial score (nSPS) is 14.8. The van der Waals surface area contributed by atoms with E-state index in [-0.39, 0.29) is 11.9 Å². The molecule has 1 heterocycles. The predicted octanol–water partition coefficient (Wildman–Crippen LogP) is 3.73. The Morgan fingerprint density at radius 2 is 1.24 bits per heavy atom. The van der Waals surface area contributed by atoms with Gasteiger partial charge in [0.25, 0.3) is 0 Å². The largest absolute Gasteiger partial charge is 0.465 e. The smallest absolute Gasteiger partial charge is 0.307 e. The fourth-order valence-electron chi connectivity index (χ4n) is 4.31. The van der Waals surface area contributed by atoms with Crippen LogP contribution in [0.3, 0.4) is 0 Å². The maximum Gasteiger partial charge on any atom is 0.307 e. The van der Waals surface area contributed by atoms with E-state index < -0.39 is 0 Å². The van der Waals surface area contributed by atoms with Crippen LogP contribution in [0.5, 0.6) is 0 Å². The fraction of sp³-hybridized carbons (Fsp3) is 0.500. The Morgan fingerprint density at radius 1 is 0.794 bits per heavy atom. The van der Waals surface area contributed by atoms with E-state index in [0.29, 0.717) is 45.2 Å². The molecule has 1 fully saturated rings. The average molecular weight is 467 g/mol. The Hall–Kier alpha value is -2.70. The van der Waals surface area contributed by atoms with E-state index in [9.17, 15) is 9.59 Å². The van der Waals surface area contributed by atoms with Gasteiger partial charge in [0, 0.05) is 32.0 Å². The topological polar surface area (TPSA) is 59.1 Å². The number of hydrogen-bond acceptors (Lipinski definition) is 6. The van der Waals surface area contributed by atoms with Crippen molar-refractivity contribution >= 4 is 11.9 Å². The molecular formula is C28H38N2O4. The zero-order valence-electron chi connectivity index (χ0n) is 20.4. The Labute approximate surface area is 203 Å². The van der Waals surface area contributed by atoms with Crippen molar-refractivity contribution in [3.05, 3.63) is 71.8 Å². The third-order valence-electron chi connectivity index (χ3n) is 6.40. The van der Waals surface area contributed by atoms with E-state index in [4.69, 9.17) is 9.47 Å². The summed E-state index contributed by atoms with van der Waals surface area (Å²) in [6, 6.07) is 20.4. The number of ether oxygens (including phenoxy) is 2. The minimum Gasteiger partial charge on any atom is -0.465 e. The van der Waals surface area contributed by atoms with Crippen LogP contribution in [0.25, 0.3) is 0 Å². The molecule has 1 aliphatic rings. The van der Waals surface area contributed by atoms with Crippen LogP contribution in [0, 0.1) is 0 Å². The molecule has 34 heavy (non-hydrogen) atoms. The van der Waals surface area contributed by atoms with Crippen LogP contribution in [0.15, 0.2) is 60.7 Å². The highest BCUT2D eigenvalue weighted by atomic mass is 16.5. The first kappa shape index (κ1) is 25.9. The van der Waals surface area contributed by atoms with Crippen molar-refractivity contribution in [2.24, 2.45) is 0 Å². The van der Waals surface area contributed by atoms with Gasteiger partial charge in [-0.25, -0.2) is 0 Å². The number of nitrogens with zero attached hydrogens (tertiary/aromatic N) is 2. The number of rotatable bonds is 13. The van der Waals surface area contributed by atoms with Gasteiger partial charge >= 0.3 is 11.9 Å². The van der Waals surface area contributed by atoms with Crippen molar-refractivity contribution in [2.75, 3.05) is 46.4 Å². The Morgan fingerprint density at radius 3 is 1.68 bits per heavy atom. The quantitative estimate of drug-likeness (QED) is 0.419. The first-order valence-corrected chi connectivity index (χ1v) is 12.4. The van der Waals surface area contributed by atoms with Crippen LogP contribution in [0.4, 0.5) is 0 Å². The van der Waals surface area contributed by atoms with Crippen molar-refractivity contribution in [1.29, 1.82) is 0 Å². The summed E-state index contributed by atoms with van der Waals surface area (Å²) in [6.07, 6.45) is 4.21. The van der Waals surface area contributed by atoms with Crippen molar-refractivity contribution in [2.45, 2.75) is 44.6 Å². The summed E-state index contributed by atoms with van der Waals surface area (Å²) in [5, 5.41) is 0. The second-order valence-electron chi connectivity index (χ2n) is 8.98. The minimum atomic E-state index is -0.181. The molecule has 0 unspecified atom stereocenters. The molecular weight excluding hydrogens is 428 g/mol. The van der Waals surface area contributed by atoms with E-state index in [1.165, 1.54) is 0 Å². The van der Waals surface area contributed by atoms with E-state index in [1.54, 1.807) is 0 Å². The van der Waals surface area contributed by atoms with Gasteiger partial charge in [-0.3, -0.25) is 14.5 Å². The zero-order chi connectivity index (χ0) is 24.0. The molecule has 6 nitrogen and oxygen atoms in total. The summed E-state index contributed by atoms with van der Waals surface area (Å²) in [7, 11) is 2.13. The lowest BCUT2D eigenvalue weighted by Crippen LogP contribution is -2.45. The van der Waals surface area contributed by atoms with Gasteiger partial charge in [-0.15, -0.1) is 0 Å². The van der Waals surface area contributed by atoms with Crippen molar-refractivity contribution < 1.29 is 19.1 Å². The summed E-state index contributed by atoms with van der Waals surface area (Å²) in [4.78, 5) is 29.3. The molecule has 0 radical (unpaired) electrons. The molecule has 0 aliphatic carbocycles. The monoisotopic (exact) mass is 466 g/mol. The molecule has 0 spiro atoms. The summed E-state index contributed by atoms with van der Waals surface area (Å²) < 4.78 is 10.9. The molecule has 0 bridgehead atoms. The van der Waals surface area contributed by atoms with Crippen LogP contribution in [-0.2, 0) is 31.9 Å². The Bertz CT molecular complexity index is 790. The van der Waals surface area contributed by atoms with Gasteiger partial charge < -0.3 is 14.4 Å². The molecule has 2 aromatic carbocycles. The highest BCUT2D eigenvalue weighted by Crippen LogP contribution is 2.17. The molecule has 0 atom stereocenters. The number of hydrogen-bond donors (Lipinski definition) is 0. The molecule has 2 aromatic rings. The SMILES string of the molecule is CN1CCC(N(CCC(=O)OCCc2ccccc2)CCC(=O)OCCc2ccccc2)CC1. The molecule has 0 saturated carbocycles. The van der Waals surface area contributed by atoms with Gasteiger partial charge in [0.1, 0.15) is 0 Å². The molecule has 184 valence electrons. The van der Waals surface area contributed by atoms with Gasteiger partial charge in [-0.2, -0.15) is 0 Å². The van der Waals surface area contributed by atoms with Gasteiger partial charge in [0.2, 0.25) is 0 Å². The second-order valence-corrected chi connectivity index (χ2v) is 8.98. The van der Waals surface area contributed by atoms with Gasteiger partial charge in [-0.1, -0.05) is 60.7 Å². The molecule has 0 amide bonds. The summed E-state index contributed by atoms with van der Waals surface area (Å²) in [6.45, 7) is 4.07. The maximum absolute atomic E-state index is 12.3. The van der Waals surface area contributed by atoms with E-state index in [2.05, 4.69) is 16.8 Å². The van der Waals surface area contributed by atoms with Crippen LogP contribution in [-0.4, -0.2) is 74.2 Å². The van der Waals surface area contributed by atoms with Gasteiger partial charge in [-0.05, 0) is 44.1 Å². The highest BCUT2D eigenvalue weighted by molar-refractivity contribution is 5.70. The Kier molecular flexibility index (Phi) is 11.1. The zero-order valence-corrected chi connectivity index (χ0v) is 20.4. The van der Waals surface area contributed by atoms with Gasteiger partial charge in [0.15, 0.2) is 0 Å². The lowest BCUT2D eigenvalue weighted by Gasteiger charge is -2.37. The van der Waals surface area contributed by atoms with Crippen LogP contribution >= 0.6 is 0 Å². The summed E-state index contributed by atoms with van der Waals surface area (Å²) in [5.74, 6) is -0.362. The summed E-state index contributed by atoms with van der Waals surface area (Å²) >= 11 is 0. The first-order chi connectivity index (χ1) is 16.6. The van der Waals surface area contributed by atoms with E-state index in [0.717, 1.165) is 49.9 Å². The molecule has 0 aromatic heterocycles. The predicted molar refractivity (Wildman–Crippen MR) is 134 cm³/mol. The third kappa shape index (κ3) is 9.65. The molecule has 6 heteroatoms. The van der Waals surface area contributed by atoms with Gasteiger partial charge in [0.05, 0.1) is 26.1 Å². The van der Waals surface area contributed by atoms with E-state index in [1.807, 2.05) is 60.7 Å². The van der Waals surface area contributed by atoms with E-state index >= 15 is 0 Å². The third-order valence-corrected chi connectivity index (χ3v) is 6.40. The second kappa shape index (κ2) is 14.5. The number of carbonyl (C=O) groups is 2. The molecule has 1 aliphatic heterocycles. The van der Waals surface area contributed by atoms with Crippen molar-refractivity contribution in [3.63, 3.8) is 0 Å². The minimum absolute atomic E-state index is 0.181. The maximum atomic E-state index is 12.3. The van der Waals surface area contributed by atoms with Crippen LogP contribution in [0.2, 0.25) is 0 Å². The van der Waals surface area contributed by atoms with Crippen molar-refractivity contribution in [1.82, 2.24) is 9.80 Å². The number of carbonyl (C=O) groups excluding carboxylic acids is 2. The summed E-state index contributed by atoms with van der Waals surface area (Å²) in [5.41, 5.74) is 2.32. The molecule has 0 N–H and O–H groups in total. The number of piperidine rings is 1. The molecule has 3 rings (SSSR count). The highest BCUT2D eigenvalue weighted by Gasteiger charge is 2.24. The number of likely N-dealkylation sites (tertiary alicyclic amines) is 1. The first-order valence-electron chi connectivity index (χ1n) is 12.4. The van der Waals surface area contributed by atoms with Crippen LogP contribution in [0.1, 0.15) is 36.8 Å². The molecule has 1 saturated heterocycles.